The number of aliphatic hydroxyl groups excluding tert-OH is 1. The van der Waals surface area contributed by atoms with Crippen LogP contribution in [0.15, 0.2) is 12.5 Å². The maximum Gasteiger partial charge on any atom is 0.325 e. The molecule has 1 aromatic heterocycles. The van der Waals surface area contributed by atoms with Gasteiger partial charge >= 0.3 is 5.97 Å². The SMILES string of the molecule is [2H]CC(=O)N[C@@H](C)C(=O)N[C@@H](Cc1cnc[nH]1)C(=O)[C@@H](CC(C)C)[C@H](O)C(N)C(=O)OC(C)CC. The molecule has 34 heavy (non-hydrogen) atoms. The van der Waals surface area contributed by atoms with Crippen molar-refractivity contribution in [2.75, 3.05) is 0 Å². The molecule has 0 fully saturated rings. The topological polar surface area (TPSA) is 176 Å². The molecule has 6 atom stereocenters. The summed E-state index contributed by atoms with van der Waals surface area (Å²) in [6.07, 6.45) is 1.81. The first-order valence-electron chi connectivity index (χ1n) is 12.2. The Morgan fingerprint density at radius 3 is 2.44 bits per heavy atom. The molecule has 0 bridgehead atoms. The van der Waals surface area contributed by atoms with Crippen LogP contribution in [0.25, 0.3) is 0 Å². The number of amides is 2. The lowest BCUT2D eigenvalue weighted by atomic mass is 9.82. The number of imidazole rings is 1. The minimum Gasteiger partial charge on any atom is -0.461 e. The van der Waals surface area contributed by atoms with Crippen molar-refractivity contribution in [1.82, 2.24) is 20.6 Å². The highest BCUT2D eigenvalue weighted by molar-refractivity contribution is 5.94. The lowest BCUT2D eigenvalue weighted by Gasteiger charge is -2.31. The van der Waals surface area contributed by atoms with E-state index in [9.17, 15) is 24.3 Å². The Morgan fingerprint density at radius 2 is 1.91 bits per heavy atom. The van der Waals surface area contributed by atoms with E-state index in [2.05, 4.69) is 20.6 Å². The first-order chi connectivity index (χ1) is 16.4. The van der Waals surface area contributed by atoms with E-state index in [0.29, 0.717) is 12.1 Å². The van der Waals surface area contributed by atoms with E-state index in [4.69, 9.17) is 11.8 Å². The third-order valence-corrected chi connectivity index (χ3v) is 5.44. The van der Waals surface area contributed by atoms with Crippen molar-refractivity contribution in [3.63, 3.8) is 0 Å². The number of hydrogen-bond donors (Lipinski definition) is 5. The molecule has 0 saturated heterocycles. The van der Waals surface area contributed by atoms with Crippen molar-refractivity contribution in [3.8, 4) is 0 Å². The van der Waals surface area contributed by atoms with Crippen LogP contribution in [-0.2, 0) is 30.3 Å². The Morgan fingerprint density at radius 1 is 1.24 bits per heavy atom. The van der Waals surface area contributed by atoms with Gasteiger partial charge in [-0.2, -0.15) is 0 Å². The molecule has 6 N–H and O–H groups in total. The van der Waals surface area contributed by atoms with Gasteiger partial charge in [-0.1, -0.05) is 20.8 Å². The molecule has 1 heterocycles. The van der Waals surface area contributed by atoms with Crippen LogP contribution >= 0.6 is 0 Å². The molecule has 0 spiro atoms. The lowest BCUT2D eigenvalue weighted by molar-refractivity contribution is -0.154. The molecule has 0 saturated carbocycles. The fourth-order valence-electron chi connectivity index (χ4n) is 3.38. The van der Waals surface area contributed by atoms with Crippen LogP contribution in [0.5, 0.6) is 0 Å². The standard InChI is InChI=1S/C23H39N5O6/c1-7-13(4)34-23(33)19(24)21(31)17(8-12(2)3)20(30)18(9-16-10-25-11-26-16)28-22(32)14(5)27-15(6)29/h10-14,17-19,21,31H,7-9,24H2,1-6H3,(H,25,26)(H,27,29)(H,28,32)/t13?,14-,17+,18-,19?,21-/m0/s1/i6D. The van der Waals surface area contributed by atoms with Gasteiger partial charge in [-0.15, -0.1) is 0 Å². The summed E-state index contributed by atoms with van der Waals surface area (Å²) in [5.41, 5.74) is 6.55. The number of ketones is 1. The van der Waals surface area contributed by atoms with Crippen LogP contribution < -0.4 is 16.4 Å². The second-order valence-corrected chi connectivity index (χ2v) is 8.94. The van der Waals surface area contributed by atoms with Crippen LogP contribution in [-0.4, -0.2) is 69.0 Å². The first-order valence-corrected chi connectivity index (χ1v) is 11.4. The molecule has 1 aromatic rings. The predicted molar refractivity (Wildman–Crippen MR) is 125 cm³/mol. The number of rotatable bonds is 14. The molecule has 0 radical (unpaired) electrons. The highest BCUT2D eigenvalue weighted by atomic mass is 16.5. The van der Waals surface area contributed by atoms with E-state index in [0.717, 1.165) is 0 Å². The van der Waals surface area contributed by atoms with Crippen LogP contribution in [0.3, 0.4) is 0 Å². The molecule has 2 unspecified atom stereocenters. The first kappa shape index (κ1) is 27.5. The summed E-state index contributed by atoms with van der Waals surface area (Å²) >= 11 is 0. The van der Waals surface area contributed by atoms with Gasteiger partial charge in [0.05, 0.1) is 24.6 Å². The number of nitrogens with one attached hydrogen (secondary N) is 3. The van der Waals surface area contributed by atoms with E-state index in [-0.39, 0.29) is 18.8 Å². The molecular formula is C23H39N5O6. The van der Waals surface area contributed by atoms with Crippen LogP contribution in [0, 0.1) is 11.8 Å². The number of Topliss-reactive ketones (excluding diaryl/α,β-unsaturated/α-hetero) is 1. The number of nitrogens with zero attached hydrogens (tertiary/aromatic N) is 1. The third-order valence-electron chi connectivity index (χ3n) is 5.44. The van der Waals surface area contributed by atoms with E-state index in [1.54, 1.807) is 6.92 Å². The average molecular weight is 483 g/mol. The summed E-state index contributed by atoms with van der Waals surface area (Å²) in [4.78, 5) is 57.1. The Bertz CT molecular complexity index is 834. The number of carbonyl (C=O) groups is 4. The predicted octanol–water partition coefficient (Wildman–Crippen LogP) is 0.223. The molecule has 0 aromatic carbocycles. The van der Waals surface area contributed by atoms with Gasteiger partial charge in [0.25, 0.3) is 0 Å². The van der Waals surface area contributed by atoms with Gasteiger partial charge in [-0.05, 0) is 32.6 Å². The van der Waals surface area contributed by atoms with Crippen LogP contribution in [0.4, 0.5) is 0 Å². The summed E-state index contributed by atoms with van der Waals surface area (Å²) in [5, 5.41) is 16.0. The van der Waals surface area contributed by atoms with E-state index >= 15 is 0 Å². The van der Waals surface area contributed by atoms with Gasteiger partial charge in [0.2, 0.25) is 11.8 Å². The van der Waals surface area contributed by atoms with Gasteiger partial charge in [0.15, 0.2) is 5.78 Å². The average Bonchev–Trinajstić information content (AvgIpc) is 3.33. The van der Waals surface area contributed by atoms with E-state index in [1.807, 2.05) is 20.8 Å². The molecule has 0 aliphatic heterocycles. The summed E-state index contributed by atoms with van der Waals surface area (Å²) in [7, 11) is 0. The number of aromatic amines is 1. The Balaban J connectivity index is 3.17. The zero-order valence-corrected chi connectivity index (χ0v) is 20.5. The summed E-state index contributed by atoms with van der Waals surface area (Å²) in [6, 6.07) is -3.55. The normalized spacial score (nSPS) is 17.0. The zero-order valence-electron chi connectivity index (χ0n) is 21.5. The quantitative estimate of drug-likeness (QED) is 0.234. The molecule has 1 rings (SSSR count). The molecule has 0 aliphatic carbocycles. The van der Waals surface area contributed by atoms with Crippen molar-refractivity contribution in [1.29, 1.82) is 0 Å². The van der Waals surface area contributed by atoms with Gasteiger partial charge in [-0.25, -0.2) is 4.98 Å². The summed E-state index contributed by atoms with van der Waals surface area (Å²) in [6.45, 7) is 8.14. The molecule has 11 nitrogen and oxygen atoms in total. The number of H-pyrrole nitrogens is 1. The second-order valence-electron chi connectivity index (χ2n) is 8.94. The van der Waals surface area contributed by atoms with Crippen molar-refractivity contribution in [3.05, 3.63) is 18.2 Å². The van der Waals surface area contributed by atoms with Crippen molar-refractivity contribution in [2.45, 2.75) is 91.1 Å². The monoisotopic (exact) mass is 482 g/mol. The number of hydrogen-bond acceptors (Lipinski definition) is 8. The molecule has 0 aliphatic rings. The summed E-state index contributed by atoms with van der Waals surface area (Å²) < 4.78 is 12.3. The number of aliphatic hydroxyl groups is 1. The van der Waals surface area contributed by atoms with Crippen molar-refractivity contribution < 1.29 is 30.4 Å². The summed E-state index contributed by atoms with van der Waals surface area (Å²) in [5.74, 6) is -3.70. The number of ether oxygens (including phenoxy) is 1. The minimum absolute atomic E-state index is 0.0323. The minimum atomic E-state index is -1.54. The number of nitrogens with two attached hydrogens (primary N) is 1. The Kier molecular flexibility index (Phi) is 11.1. The van der Waals surface area contributed by atoms with Gasteiger partial charge in [-0.3, -0.25) is 19.2 Å². The van der Waals surface area contributed by atoms with E-state index < -0.39 is 66.7 Å². The van der Waals surface area contributed by atoms with Gasteiger partial charge < -0.3 is 31.2 Å². The van der Waals surface area contributed by atoms with E-state index in [1.165, 1.54) is 19.4 Å². The van der Waals surface area contributed by atoms with Gasteiger partial charge in [0, 0.05) is 32.5 Å². The second kappa shape index (κ2) is 13.8. The Hall–Kier alpha value is -2.79. The molecular weight excluding hydrogens is 442 g/mol. The number of carbonyl (C=O) groups excluding carboxylic acids is 4. The highest BCUT2D eigenvalue weighted by Gasteiger charge is 2.39. The number of esters is 1. The third kappa shape index (κ3) is 9.22. The van der Waals surface area contributed by atoms with Crippen molar-refractivity contribution >= 4 is 23.6 Å². The molecule has 11 heteroatoms. The molecule has 192 valence electrons. The lowest BCUT2D eigenvalue weighted by Crippen LogP contribution is -2.56. The molecule has 2 amide bonds. The Labute approximate surface area is 202 Å². The highest BCUT2D eigenvalue weighted by Crippen LogP contribution is 2.22. The van der Waals surface area contributed by atoms with Gasteiger partial charge in [0.1, 0.15) is 12.1 Å². The smallest absolute Gasteiger partial charge is 0.325 e. The largest absolute Gasteiger partial charge is 0.461 e. The fraction of sp³-hybridized carbons (Fsp3) is 0.696. The van der Waals surface area contributed by atoms with Crippen LogP contribution in [0.2, 0.25) is 0 Å². The number of aromatic nitrogens is 2. The maximum absolute atomic E-state index is 13.7. The van der Waals surface area contributed by atoms with Crippen molar-refractivity contribution in [2.24, 2.45) is 17.6 Å². The van der Waals surface area contributed by atoms with Crippen LogP contribution in [0.1, 0.15) is 61.4 Å². The maximum atomic E-state index is 13.7. The fourth-order valence-corrected chi connectivity index (χ4v) is 3.38. The zero-order chi connectivity index (χ0) is 26.7.